The molecule has 0 radical (unpaired) electrons. The van der Waals surface area contributed by atoms with Crippen LogP contribution in [-0.4, -0.2) is 54.2 Å². The summed E-state index contributed by atoms with van der Waals surface area (Å²) < 4.78 is 6.47. The van der Waals surface area contributed by atoms with Crippen molar-refractivity contribution < 1.29 is 23.9 Å². The number of thioether (sulfide) groups is 1. The lowest BCUT2D eigenvalue weighted by Gasteiger charge is -2.31. The van der Waals surface area contributed by atoms with Crippen LogP contribution in [0.1, 0.15) is 39.2 Å². The molecule has 0 aliphatic carbocycles. The van der Waals surface area contributed by atoms with E-state index < -0.39 is 29.0 Å². The van der Waals surface area contributed by atoms with Crippen molar-refractivity contribution in [1.82, 2.24) is 4.57 Å². The first-order valence-electron chi connectivity index (χ1n) is 14.8. The highest BCUT2D eigenvalue weighted by Gasteiger charge is 2.56. The van der Waals surface area contributed by atoms with Crippen LogP contribution < -0.4 is 20.0 Å². The summed E-state index contributed by atoms with van der Waals surface area (Å²) in [6.07, 6.45) is 0. The normalized spacial score (nSPS) is 18.6. The summed E-state index contributed by atoms with van der Waals surface area (Å²) in [6.45, 7) is 3.62. The third kappa shape index (κ3) is 5.74. The maximum absolute atomic E-state index is 14.2. The lowest BCUT2D eigenvalue weighted by atomic mass is 9.83. The number of anilines is 3. The molecule has 3 heterocycles. The number of fused-ring (bicyclic) bond motifs is 2. The number of imide groups is 1. The first-order chi connectivity index (χ1) is 22.1. The number of carbonyl (C=O) groups is 4. The predicted molar refractivity (Wildman–Crippen MR) is 179 cm³/mol. The molecule has 3 amide bonds. The van der Waals surface area contributed by atoms with Gasteiger partial charge in [0.05, 0.1) is 28.8 Å². The van der Waals surface area contributed by atoms with Crippen LogP contribution in [0.15, 0.2) is 82.6 Å². The average Bonchev–Trinajstić information content (AvgIpc) is 3.47. The zero-order chi connectivity index (χ0) is 32.7. The van der Waals surface area contributed by atoms with Crippen LogP contribution in [-0.2, 0) is 25.7 Å². The van der Waals surface area contributed by atoms with Crippen LogP contribution in [0.4, 0.5) is 17.1 Å². The van der Waals surface area contributed by atoms with Gasteiger partial charge in [-0.1, -0.05) is 47.4 Å². The molecule has 2 aliphatic heterocycles. The van der Waals surface area contributed by atoms with E-state index in [1.165, 1.54) is 21.6 Å². The maximum atomic E-state index is 14.2. The van der Waals surface area contributed by atoms with Crippen molar-refractivity contribution in [2.75, 3.05) is 35.8 Å². The Morgan fingerprint density at radius 1 is 0.957 bits per heavy atom. The van der Waals surface area contributed by atoms with Gasteiger partial charge >= 0.3 is 10.8 Å². The van der Waals surface area contributed by atoms with Gasteiger partial charge in [-0.3, -0.25) is 23.7 Å². The number of amides is 3. The summed E-state index contributed by atoms with van der Waals surface area (Å²) in [5, 5.41) is 2.54. The fourth-order valence-electron chi connectivity index (χ4n) is 5.88. The van der Waals surface area contributed by atoms with Crippen LogP contribution in [0.5, 0.6) is 0 Å². The molecule has 3 unspecified atom stereocenters. The molecule has 0 spiro atoms. The van der Waals surface area contributed by atoms with Gasteiger partial charge in [-0.25, -0.2) is 9.69 Å². The van der Waals surface area contributed by atoms with E-state index >= 15 is 0 Å². The van der Waals surface area contributed by atoms with Crippen molar-refractivity contribution in [3.05, 3.63) is 104 Å². The molecule has 2 aliphatic rings. The van der Waals surface area contributed by atoms with Gasteiger partial charge in [-0.2, -0.15) is 0 Å². The van der Waals surface area contributed by atoms with Crippen LogP contribution in [0.3, 0.4) is 0 Å². The molecule has 0 bridgehead atoms. The number of nitrogens with one attached hydrogen (secondary N) is 1. The zero-order valence-electron chi connectivity index (χ0n) is 25.7. The Hall–Kier alpha value is -4.68. The van der Waals surface area contributed by atoms with Crippen molar-refractivity contribution in [2.24, 2.45) is 5.92 Å². The summed E-state index contributed by atoms with van der Waals surface area (Å²) in [6, 6.07) is 21.3. The van der Waals surface area contributed by atoms with Crippen molar-refractivity contribution in [2.45, 2.75) is 36.6 Å². The number of rotatable bonds is 8. The molecule has 4 aromatic rings. The number of nitrogens with zero attached hydrogens (tertiary/aromatic N) is 3. The molecule has 3 atom stereocenters. The summed E-state index contributed by atoms with van der Waals surface area (Å²) in [5.74, 6) is -3.04. The quantitative estimate of drug-likeness (QED) is 0.210. The standard InChI is InChI=1S/C34H32N4O6S2/c1-5-44-33(42)21-11-15-24(16-12-21)38-30(40)27-26(20-9-13-23(14-10-20)36(3)4)29-32(45-28(27)31(38)41)37(34(43)46-29)18-25(39)35-22-8-6-7-19(2)17-22/h6-17,26-28H,5,18H2,1-4H3,(H,35,39). The number of carbonyl (C=O) groups excluding carboxylic acids is 4. The SMILES string of the molecule is CCOC(=O)c1ccc(N2C(=O)C3Sc4c(sc(=O)n4CC(=O)Nc4cccc(C)c4)C(c4ccc(N(C)C)cc4)C3C2=O)cc1. The van der Waals surface area contributed by atoms with Gasteiger partial charge in [0.2, 0.25) is 17.7 Å². The fourth-order valence-corrected chi connectivity index (χ4v) is 8.65. The van der Waals surface area contributed by atoms with Gasteiger partial charge < -0.3 is 15.0 Å². The second-order valence-corrected chi connectivity index (χ2v) is 13.5. The van der Waals surface area contributed by atoms with Crippen LogP contribution in [0, 0.1) is 12.8 Å². The van der Waals surface area contributed by atoms with Crippen LogP contribution >= 0.6 is 23.1 Å². The molecule has 10 nitrogen and oxygen atoms in total. The molecular formula is C34H32N4O6S2. The van der Waals surface area contributed by atoms with Crippen molar-refractivity contribution in [1.29, 1.82) is 0 Å². The molecular weight excluding hydrogens is 625 g/mol. The zero-order valence-corrected chi connectivity index (χ0v) is 27.3. The number of ether oxygens (including phenoxy) is 1. The first-order valence-corrected chi connectivity index (χ1v) is 16.5. The monoisotopic (exact) mass is 656 g/mol. The Balaban J connectivity index is 1.38. The van der Waals surface area contributed by atoms with Gasteiger partial charge in [-0.15, -0.1) is 0 Å². The number of esters is 1. The highest BCUT2D eigenvalue weighted by atomic mass is 32.2. The van der Waals surface area contributed by atoms with Crippen LogP contribution in [0.25, 0.3) is 0 Å². The van der Waals surface area contributed by atoms with E-state index in [9.17, 15) is 24.0 Å². The van der Waals surface area contributed by atoms with Crippen LogP contribution in [0.2, 0.25) is 0 Å². The number of aryl methyl sites for hydroxylation is 1. The van der Waals surface area contributed by atoms with E-state index in [1.807, 2.05) is 68.4 Å². The Morgan fingerprint density at radius 3 is 2.33 bits per heavy atom. The topological polar surface area (TPSA) is 118 Å². The fraction of sp³-hybridized carbons (Fsp3) is 0.265. The maximum Gasteiger partial charge on any atom is 0.338 e. The second-order valence-electron chi connectivity index (χ2n) is 11.3. The van der Waals surface area contributed by atoms with Gasteiger partial charge in [-0.05, 0) is 73.5 Å². The molecule has 46 heavy (non-hydrogen) atoms. The van der Waals surface area contributed by atoms with Gasteiger partial charge in [0, 0.05) is 36.3 Å². The lowest BCUT2D eigenvalue weighted by Crippen LogP contribution is -2.33. The lowest BCUT2D eigenvalue weighted by molar-refractivity contribution is -0.122. The Kier molecular flexibility index (Phi) is 8.58. The summed E-state index contributed by atoms with van der Waals surface area (Å²) in [7, 11) is 3.86. The Morgan fingerprint density at radius 2 is 1.67 bits per heavy atom. The molecule has 1 N–H and O–H groups in total. The minimum absolute atomic E-state index is 0.226. The molecule has 1 fully saturated rings. The first kappa shape index (κ1) is 31.3. The molecule has 1 aromatic heterocycles. The Bertz CT molecular complexity index is 1900. The summed E-state index contributed by atoms with van der Waals surface area (Å²) in [5.41, 5.74) is 4.01. The predicted octanol–water partition coefficient (Wildman–Crippen LogP) is 4.90. The molecule has 0 saturated carbocycles. The minimum Gasteiger partial charge on any atom is -0.462 e. The molecule has 6 rings (SSSR count). The smallest absolute Gasteiger partial charge is 0.338 e. The molecule has 236 valence electrons. The largest absolute Gasteiger partial charge is 0.462 e. The molecule has 3 aromatic carbocycles. The highest BCUT2D eigenvalue weighted by Crippen LogP contribution is 2.54. The van der Waals surface area contributed by atoms with Gasteiger partial charge in [0.15, 0.2) is 0 Å². The van der Waals surface area contributed by atoms with E-state index in [-0.39, 0.29) is 29.8 Å². The van der Waals surface area contributed by atoms with Crippen molar-refractivity contribution in [3.63, 3.8) is 0 Å². The van der Waals surface area contributed by atoms with E-state index in [2.05, 4.69) is 5.32 Å². The summed E-state index contributed by atoms with van der Waals surface area (Å²) in [4.78, 5) is 70.4. The average molecular weight is 657 g/mol. The van der Waals surface area contributed by atoms with Crippen molar-refractivity contribution in [3.8, 4) is 0 Å². The van der Waals surface area contributed by atoms with E-state index in [0.717, 1.165) is 39.9 Å². The molecule has 12 heteroatoms. The van der Waals surface area contributed by atoms with E-state index in [1.54, 1.807) is 25.1 Å². The Labute approximate surface area is 274 Å². The second kappa shape index (κ2) is 12.6. The van der Waals surface area contributed by atoms with Gasteiger partial charge in [0.25, 0.3) is 0 Å². The summed E-state index contributed by atoms with van der Waals surface area (Å²) >= 11 is 2.16. The number of hydrogen-bond donors (Lipinski definition) is 1. The van der Waals surface area contributed by atoms with Gasteiger partial charge in [0.1, 0.15) is 11.8 Å². The molecule has 1 saturated heterocycles. The number of benzene rings is 3. The van der Waals surface area contributed by atoms with E-state index in [4.69, 9.17) is 4.74 Å². The minimum atomic E-state index is -0.830. The number of thiazole rings is 1. The van der Waals surface area contributed by atoms with E-state index in [0.29, 0.717) is 26.8 Å². The number of hydrogen-bond acceptors (Lipinski definition) is 9. The third-order valence-electron chi connectivity index (χ3n) is 8.06. The highest BCUT2D eigenvalue weighted by molar-refractivity contribution is 8.00. The number of aromatic nitrogens is 1. The van der Waals surface area contributed by atoms with Crippen molar-refractivity contribution >= 4 is 63.9 Å². The third-order valence-corrected chi connectivity index (χ3v) is 10.7.